The Kier molecular flexibility index (Phi) is 5.30. The summed E-state index contributed by atoms with van der Waals surface area (Å²) in [5, 5.41) is 3.17. The maximum Gasteiger partial charge on any atom is 0.220 e. The van der Waals surface area contributed by atoms with Gasteiger partial charge in [0.2, 0.25) is 5.91 Å². The SMILES string of the molecule is CC(C)CC(=O)N[C@H]1CC[C@H](C(C)C)CC1. The molecule has 0 saturated heterocycles. The van der Waals surface area contributed by atoms with Crippen LogP contribution in [0.2, 0.25) is 0 Å². The average molecular weight is 225 g/mol. The molecule has 0 spiro atoms. The fourth-order valence-electron chi connectivity index (χ4n) is 2.59. The Morgan fingerprint density at radius 1 is 1.12 bits per heavy atom. The zero-order valence-electron chi connectivity index (χ0n) is 11.3. The van der Waals surface area contributed by atoms with Crippen molar-refractivity contribution in [1.29, 1.82) is 0 Å². The van der Waals surface area contributed by atoms with Gasteiger partial charge in [-0.2, -0.15) is 0 Å². The van der Waals surface area contributed by atoms with Crippen molar-refractivity contribution < 1.29 is 4.79 Å². The van der Waals surface area contributed by atoms with Gasteiger partial charge in [-0.15, -0.1) is 0 Å². The summed E-state index contributed by atoms with van der Waals surface area (Å²) in [7, 11) is 0. The Labute approximate surface area is 100 Å². The van der Waals surface area contributed by atoms with Gasteiger partial charge in [-0.3, -0.25) is 4.79 Å². The highest BCUT2D eigenvalue weighted by atomic mass is 16.1. The van der Waals surface area contributed by atoms with E-state index in [0.717, 1.165) is 11.8 Å². The first-order valence-electron chi connectivity index (χ1n) is 6.78. The van der Waals surface area contributed by atoms with Crippen molar-refractivity contribution in [2.24, 2.45) is 17.8 Å². The zero-order chi connectivity index (χ0) is 12.1. The predicted octanol–water partition coefficient (Wildman–Crippen LogP) is 3.36. The Balaban J connectivity index is 2.24. The van der Waals surface area contributed by atoms with E-state index in [0.29, 0.717) is 18.4 Å². The molecule has 0 aliphatic heterocycles. The average Bonchev–Trinajstić information content (AvgIpc) is 2.16. The molecule has 0 radical (unpaired) electrons. The second kappa shape index (κ2) is 6.27. The standard InChI is InChI=1S/C14H27NO/c1-10(2)9-14(16)15-13-7-5-12(6-8-13)11(3)4/h10-13H,5-9H2,1-4H3,(H,15,16)/t12-,13-. The van der Waals surface area contributed by atoms with Crippen molar-refractivity contribution in [1.82, 2.24) is 5.32 Å². The fraction of sp³-hybridized carbons (Fsp3) is 0.929. The highest BCUT2D eigenvalue weighted by molar-refractivity contribution is 5.76. The lowest BCUT2D eigenvalue weighted by atomic mass is 9.79. The summed E-state index contributed by atoms with van der Waals surface area (Å²) in [5.41, 5.74) is 0. The molecular formula is C14H27NO. The van der Waals surface area contributed by atoms with E-state index in [1.165, 1.54) is 25.7 Å². The molecule has 0 atom stereocenters. The van der Waals surface area contributed by atoms with Crippen molar-refractivity contribution in [2.75, 3.05) is 0 Å². The van der Waals surface area contributed by atoms with Crippen LogP contribution in [0.25, 0.3) is 0 Å². The number of carbonyl (C=O) groups is 1. The minimum atomic E-state index is 0.239. The van der Waals surface area contributed by atoms with Crippen molar-refractivity contribution >= 4 is 5.91 Å². The first-order valence-corrected chi connectivity index (χ1v) is 6.78. The highest BCUT2D eigenvalue weighted by Gasteiger charge is 2.24. The van der Waals surface area contributed by atoms with Crippen LogP contribution in [0.5, 0.6) is 0 Å². The molecule has 1 rings (SSSR count). The minimum Gasteiger partial charge on any atom is -0.353 e. The molecular weight excluding hydrogens is 198 g/mol. The van der Waals surface area contributed by atoms with Crippen LogP contribution in [-0.2, 0) is 4.79 Å². The first kappa shape index (κ1) is 13.5. The number of rotatable bonds is 4. The van der Waals surface area contributed by atoms with Gasteiger partial charge in [-0.25, -0.2) is 0 Å². The molecule has 0 aromatic carbocycles. The molecule has 0 unspecified atom stereocenters. The van der Waals surface area contributed by atoms with Crippen LogP contribution in [0.4, 0.5) is 0 Å². The third-order valence-corrected chi connectivity index (χ3v) is 3.67. The number of carbonyl (C=O) groups excluding carboxylic acids is 1. The summed E-state index contributed by atoms with van der Waals surface area (Å²) in [6.45, 7) is 8.80. The van der Waals surface area contributed by atoms with E-state index in [1.54, 1.807) is 0 Å². The van der Waals surface area contributed by atoms with Gasteiger partial charge in [0, 0.05) is 12.5 Å². The van der Waals surface area contributed by atoms with Crippen LogP contribution in [0, 0.1) is 17.8 Å². The number of hydrogen-bond donors (Lipinski definition) is 1. The predicted molar refractivity (Wildman–Crippen MR) is 68.2 cm³/mol. The molecule has 0 bridgehead atoms. The molecule has 0 aromatic rings. The number of hydrogen-bond acceptors (Lipinski definition) is 1. The summed E-state index contributed by atoms with van der Waals surface area (Å²) in [5.74, 6) is 2.38. The molecule has 2 heteroatoms. The highest BCUT2D eigenvalue weighted by Crippen LogP contribution is 2.29. The number of nitrogens with one attached hydrogen (secondary N) is 1. The summed E-state index contributed by atoms with van der Waals surface area (Å²) in [4.78, 5) is 11.6. The Morgan fingerprint density at radius 2 is 1.69 bits per heavy atom. The van der Waals surface area contributed by atoms with E-state index in [9.17, 15) is 4.79 Å². The van der Waals surface area contributed by atoms with E-state index < -0.39 is 0 Å². The van der Waals surface area contributed by atoms with E-state index in [4.69, 9.17) is 0 Å². The van der Waals surface area contributed by atoms with Crippen LogP contribution in [-0.4, -0.2) is 11.9 Å². The molecule has 94 valence electrons. The van der Waals surface area contributed by atoms with E-state index >= 15 is 0 Å². The molecule has 1 amide bonds. The van der Waals surface area contributed by atoms with Gasteiger partial charge in [0.15, 0.2) is 0 Å². The van der Waals surface area contributed by atoms with Gasteiger partial charge in [-0.05, 0) is 43.4 Å². The van der Waals surface area contributed by atoms with Crippen molar-refractivity contribution in [3.8, 4) is 0 Å². The third-order valence-electron chi connectivity index (χ3n) is 3.67. The zero-order valence-corrected chi connectivity index (χ0v) is 11.3. The van der Waals surface area contributed by atoms with Gasteiger partial charge >= 0.3 is 0 Å². The van der Waals surface area contributed by atoms with E-state index in [-0.39, 0.29) is 5.91 Å². The molecule has 2 nitrogen and oxygen atoms in total. The van der Waals surface area contributed by atoms with Gasteiger partial charge in [0.25, 0.3) is 0 Å². The summed E-state index contributed by atoms with van der Waals surface area (Å²) >= 11 is 0. The Bertz CT molecular complexity index is 215. The van der Waals surface area contributed by atoms with E-state index in [1.807, 2.05) is 0 Å². The van der Waals surface area contributed by atoms with Gasteiger partial charge in [0.05, 0.1) is 0 Å². The quantitative estimate of drug-likeness (QED) is 0.781. The van der Waals surface area contributed by atoms with Crippen LogP contribution < -0.4 is 5.32 Å². The maximum atomic E-state index is 11.6. The van der Waals surface area contributed by atoms with Crippen LogP contribution in [0.15, 0.2) is 0 Å². The topological polar surface area (TPSA) is 29.1 Å². The lowest BCUT2D eigenvalue weighted by Gasteiger charge is -2.31. The maximum absolute atomic E-state index is 11.6. The summed E-state index contributed by atoms with van der Waals surface area (Å²) < 4.78 is 0. The first-order chi connectivity index (χ1) is 7.49. The molecule has 16 heavy (non-hydrogen) atoms. The molecule has 0 aromatic heterocycles. The van der Waals surface area contributed by atoms with Crippen molar-refractivity contribution in [3.63, 3.8) is 0 Å². The third kappa shape index (κ3) is 4.54. The lowest BCUT2D eigenvalue weighted by Crippen LogP contribution is -2.38. The Hall–Kier alpha value is -0.530. The monoisotopic (exact) mass is 225 g/mol. The Morgan fingerprint density at radius 3 is 2.12 bits per heavy atom. The van der Waals surface area contributed by atoms with E-state index in [2.05, 4.69) is 33.0 Å². The molecule has 0 heterocycles. The second-order valence-electron chi connectivity index (χ2n) is 6.02. The van der Waals surface area contributed by atoms with Gasteiger partial charge in [-0.1, -0.05) is 27.7 Å². The second-order valence-corrected chi connectivity index (χ2v) is 6.02. The van der Waals surface area contributed by atoms with Gasteiger partial charge in [0.1, 0.15) is 0 Å². The number of amides is 1. The van der Waals surface area contributed by atoms with Gasteiger partial charge < -0.3 is 5.32 Å². The molecule has 1 aliphatic rings. The smallest absolute Gasteiger partial charge is 0.220 e. The van der Waals surface area contributed by atoms with Crippen molar-refractivity contribution in [2.45, 2.75) is 65.8 Å². The van der Waals surface area contributed by atoms with Crippen LogP contribution in [0.1, 0.15) is 59.8 Å². The van der Waals surface area contributed by atoms with Crippen LogP contribution >= 0.6 is 0 Å². The summed E-state index contributed by atoms with van der Waals surface area (Å²) in [6, 6.07) is 0.446. The molecule has 1 saturated carbocycles. The lowest BCUT2D eigenvalue weighted by molar-refractivity contribution is -0.122. The normalized spacial score (nSPS) is 26.1. The molecule has 1 N–H and O–H groups in total. The van der Waals surface area contributed by atoms with Crippen LogP contribution in [0.3, 0.4) is 0 Å². The fourth-order valence-corrected chi connectivity index (χ4v) is 2.59. The largest absolute Gasteiger partial charge is 0.353 e. The minimum absolute atomic E-state index is 0.239. The molecule has 1 aliphatic carbocycles. The molecule has 1 fully saturated rings. The van der Waals surface area contributed by atoms with Crippen molar-refractivity contribution in [3.05, 3.63) is 0 Å². The summed E-state index contributed by atoms with van der Waals surface area (Å²) in [6.07, 6.45) is 5.58.